The second-order valence-electron chi connectivity index (χ2n) is 7.12. The highest BCUT2D eigenvalue weighted by Crippen LogP contribution is 2.37. The minimum absolute atomic E-state index is 0.217. The maximum Gasteiger partial charge on any atom is 0.258 e. The molecule has 1 atom stereocenters. The van der Waals surface area contributed by atoms with Gasteiger partial charge in [0.25, 0.3) is 5.56 Å². The van der Waals surface area contributed by atoms with Gasteiger partial charge in [-0.05, 0) is 29.8 Å². The summed E-state index contributed by atoms with van der Waals surface area (Å²) >= 11 is 12.6. The second kappa shape index (κ2) is 7.63. The fourth-order valence-electron chi connectivity index (χ4n) is 3.87. The zero-order chi connectivity index (χ0) is 20.7. The minimum Gasteiger partial charge on any atom is -0.387 e. The van der Waals surface area contributed by atoms with Crippen LogP contribution in [0.4, 0.5) is 0 Å². The molecular formula is C24H16Cl2N2O2. The van der Waals surface area contributed by atoms with Gasteiger partial charge < -0.3 is 9.82 Å². The van der Waals surface area contributed by atoms with Crippen molar-refractivity contribution in [2.75, 3.05) is 0 Å². The van der Waals surface area contributed by atoms with Gasteiger partial charge in [-0.15, -0.1) is 0 Å². The van der Waals surface area contributed by atoms with Gasteiger partial charge in [-0.25, -0.2) is 0 Å². The Morgan fingerprint density at radius 1 is 0.933 bits per heavy atom. The van der Waals surface area contributed by atoms with Crippen LogP contribution in [0.5, 0.6) is 0 Å². The van der Waals surface area contributed by atoms with Crippen molar-refractivity contribution in [2.45, 2.75) is 12.5 Å². The molecule has 3 aromatic carbocycles. The summed E-state index contributed by atoms with van der Waals surface area (Å²) in [5, 5.41) is 6.35. The summed E-state index contributed by atoms with van der Waals surface area (Å²) in [6.07, 6.45) is 0.102. The molecule has 1 N–H and O–H groups in total. The number of oxime groups is 1. The van der Waals surface area contributed by atoms with Crippen LogP contribution in [0.3, 0.4) is 0 Å². The number of aromatic amines is 1. The molecule has 0 fully saturated rings. The van der Waals surface area contributed by atoms with Crippen LogP contribution in [0.1, 0.15) is 23.7 Å². The highest BCUT2D eigenvalue weighted by atomic mass is 35.5. The summed E-state index contributed by atoms with van der Waals surface area (Å²) in [5.41, 5.74) is 4.13. The van der Waals surface area contributed by atoms with Crippen LogP contribution in [0.2, 0.25) is 10.0 Å². The summed E-state index contributed by atoms with van der Waals surface area (Å²) in [4.78, 5) is 21.8. The zero-order valence-corrected chi connectivity index (χ0v) is 17.2. The first-order valence-electron chi connectivity index (χ1n) is 9.50. The number of nitrogens with zero attached hydrogens (tertiary/aromatic N) is 1. The molecule has 0 amide bonds. The van der Waals surface area contributed by atoms with Crippen molar-refractivity contribution in [1.82, 2.24) is 4.98 Å². The fourth-order valence-corrected chi connectivity index (χ4v) is 4.30. The van der Waals surface area contributed by atoms with E-state index in [1.54, 1.807) is 6.07 Å². The monoisotopic (exact) mass is 434 g/mol. The number of nitrogens with one attached hydrogen (secondary N) is 1. The molecule has 1 aromatic heterocycles. The third-order valence-electron chi connectivity index (χ3n) is 5.25. The number of rotatable bonds is 3. The molecule has 0 saturated heterocycles. The molecule has 0 radical (unpaired) electrons. The standard InChI is InChI=1S/C24H16Cl2N2O2/c25-15-10-11-19-17(12-15)22(14-6-2-1-3-7-14)23(24(29)27-19)20-13-21(30-28-20)16-8-4-5-9-18(16)26/h1-12,21H,13H2,(H,27,29). The number of benzene rings is 3. The lowest BCUT2D eigenvalue weighted by Gasteiger charge is -2.13. The van der Waals surface area contributed by atoms with Crippen molar-refractivity contribution in [1.29, 1.82) is 0 Å². The predicted molar refractivity (Wildman–Crippen MR) is 121 cm³/mol. The Morgan fingerprint density at radius 2 is 1.70 bits per heavy atom. The predicted octanol–water partition coefficient (Wildman–Crippen LogP) is 6.37. The van der Waals surface area contributed by atoms with Crippen LogP contribution in [-0.2, 0) is 4.84 Å². The summed E-state index contributed by atoms with van der Waals surface area (Å²) in [7, 11) is 0. The number of hydrogen-bond donors (Lipinski definition) is 1. The van der Waals surface area contributed by atoms with Gasteiger partial charge in [0.05, 0.1) is 11.3 Å². The van der Waals surface area contributed by atoms with Crippen LogP contribution >= 0.6 is 23.2 Å². The van der Waals surface area contributed by atoms with Crippen molar-refractivity contribution in [3.8, 4) is 11.1 Å². The summed E-state index contributed by atoms with van der Waals surface area (Å²) < 4.78 is 0. The van der Waals surface area contributed by atoms with Gasteiger partial charge in [-0.3, -0.25) is 4.79 Å². The highest BCUT2D eigenvalue weighted by Gasteiger charge is 2.29. The number of halogens is 2. The van der Waals surface area contributed by atoms with Gasteiger partial charge in [0, 0.05) is 38.5 Å². The minimum atomic E-state index is -0.341. The van der Waals surface area contributed by atoms with E-state index in [4.69, 9.17) is 28.0 Å². The first-order chi connectivity index (χ1) is 14.6. The van der Waals surface area contributed by atoms with E-state index in [9.17, 15) is 4.79 Å². The van der Waals surface area contributed by atoms with E-state index in [0.29, 0.717) is 33.3 Å². The Balaban J connectivity index is 1.69. The van der Waals surface area contributed by atoms with Gasteiger partial charge in [-0.2, -0.15) is 0 Å². The van der Waals surface area contributed by atoms with E-state index >= 15 is 0 Å². The molecule has 148 valence electrons. The van der Waals surface area contributed by atoms with Crippen LogP contribution in [-0.4, -0.2) is 10.7 Å². The Morgan fingerprint density at radius 3 is 2.50 bits per heavy atom. The Labute approximate surface area is 182 Å². The number of pyridine rings is 1. The molecule has 6 heteroatoms. The van der Waals surface area contributed by atoms with Crippen molar-refractivity contribution in [3.05, 3.63) is 104 Å². The maximum atomic E-state index is 13.2. The third kappa shape index (κ3) is 3.28. The molecule has 0 spiro atoms. The second-order valence-corrected chi connectivity index (χ2v) is 7.96. The molecule has 2 heterocycles. The van der Waals surface area contributed by atoms with E-state index in [1.165, 1.54) is 0 Å². The molecule has 0 aliphatic carbocycles. The quantitative estimate of drug-likeness (QED) is 0.407. The Bertz CT molecular complexity index is 1350. The normalized spacial score (nSPS) is 15.8. The van der Waals surface area contributed by atoms with Gasteiger partial charge >= 0.3 is 0 Å². The molecule has 1 aliphatic rings. The average molecular weight is 435 g/mol. The lowest BCUT2D eigenvalue weighted by molar-refractivity contribution is 0.0858. The Hall–Kier alpha value is -3.08. The number of fused-ring (bicyclic) bond motifs is 1. The maximum absolute atomic E-state index is 13.2. The van der Waals surface area contributed by atoms with Crippen LogP contribution in [0, 0.1) is 0 Å². The topological polar surface area (TPSA) is 54.5 Å². The summed E-state index contributed by atoms with van der Waals surface area (Å²) in [6, 6.07) is 22.7. The van der Waals surface area contributed by atoms with Crippen molar-refractivity contribution >= 4 is 39.8 Å². The van der Waals surface area contributed by atoms with E-state index in [1.807, 2.05) is 66.7 Å². The van der Waals surface area contributed by atoms with E-state index < -0.39 is 0 Å². The van der Waals surface area contributed by atoms with Gasteiger partial charge in [-0.1, -0.05) is 76.9 Å². The van der Waals surface area contributed by atoms with Crippen molar-refractivity contribution in [3.63, 3.8) is 0 Å². The summed E-state index contributed by atoms with van der Waals surface area (Å²) in [5.74, 6) is 0. The zero-order valence-electron chi connectivity index (χ0n) is 15.7. The molecule has 0 saturated carbocycles. The lowest BCUT2D eigenvalue weighted by Crippen LogP contribution is -2.20. The molecule has 4 aromatic rings. The van der Waals surface area contributed by atoms with Gasteiger partial charge in [0.15, 0.2) is 6.10 Å². The SMILES string of the molecule is O=c1[nH]c2ccc(Cl)cc2c(-c2ccccc2)c1C1=NOC(c2ccccc2Cl)C1. The lowest BCUT2D eigenvalue weighted by atomic mass is 9.91. The molecular weight excluding hydrogens is 419 g/mol. The number of H-pyrrole nitrogens is 1. The third-order valence-corrected chi connectivity index (χ3v) is 5.83. The summed E-state index contributed by atoms with van der Waals surface area (Å²) in [6.45, 7) is 0. The first kappa shape index (κ1) is 18.9. The Kier molecular flexibility index (Phi) is 4.81. The average Bonchev–Trinajstić information content (AvgIpc) is 3.23. The van der Waals surface area contributed by atoms with E-state index in [-0.39, 0.29) is 11.7 Å². The fraction of sp³-hybridized carbons (Fsp3) is 0.0833. The molecule has 0 bridgehead atoms. The van der Waals surface area contributed by atoms with Crippen molar-refractivity contribution in [2.24, 2.45) is 5.16 Å². The van der Waals surface area contributed by atoms with Crippen LogP contribution < -0.4 is 5.56 Å². The smallest absolute Gasteiger partial charge is 0.258 e. The molecule has 1 aliphatic heterocycles. The van der Waals surface area contributed by atoms with E-state index in [0.717, 1.165) is 22.1 Å². The molecule has 4 nitrogen and oxygen atoms in total. The number of aromatic nitrogens is 1. The van der Waals surface area contributed by atoms with E-state index in [2.05, 4.69) is 10.1 Å². The highest BCUT2D eigenvalue weighted by molar-refractivity contribution is 6.32. The van der Waals surface area contributed by atoms with Gasteiger partial charge in [0.2, 0.25) is 0 Å². The van der Waals surface area contributed by atoms with Crippen molar-refractivity contribution < 1.29 is 4.84 Å². The van der Waals surface area contributed by atoms with Gasteiger partial charge in [0.1, 0.15) is 0 Å². The molecule has 30 heavy (non-hydrogen) atoms. The largest absolute Gasteiger partial charge is 0.387 e. The first-order valence-corrected chi connectivity index (χ1v) is 10.3. The van der Waals surface area contributed by atoms with Crippen LogP contribution in [0.25, 0.3) is 22.0 Å². The number of hydrogen-bond acceptors (Lipinski definition) is 3. The van der Waals surface area contributed by atoms with Crippen LogP contribution in [0.15, 0.2) is 82.7 Å². The molecule has 5 rings (SSSR count). The molecule has 1 unspecified atom stereocenters.